The Morgan fingerprint density at radius 3 is 2.67 bits per heavy atom. The van der Waals surface area contributed by atoms with Gasteiger partial charge in [0.15, 0.2) is 0 Å². The molecule has 0 aliphatic rings. The van der Waals surface area contributed by atoms with E-state index in [4.69, 9.17) is 4.74 Å². The molecule has 0 spiro atoms. The Bertz CT molecular complexity index is 679. The predicted octanol–water partition coefficient (Wildman–Crippen LogP) is 3.75. The van der Waals surface area contributed by atoms with Gasteiger partial charge in [0.2, 0.25) is 0 Å². The van der Waals surface area contributed by atoms with E-state index in [0.29, 0.717) is 18.9 Å². The first-order valence-corrected chi connectivity index (χ1v) is 8.04. The summed E-state index contributed by atoms with van der Waals surface area (Å²) in [6.45, 7) is 2.45. The highest BCUT2D eigenvalue weighted by atomic mass is 16.6. The van der Waals surface area contributed by atoms with Gasteiger partial charge in [-0.3, -0.25) is 10.1 Å². The molecule has 0 aliphatic heterocycles. The summed E-state index contributed by atoms with van der Waals surface area (Å²) in [7, 11) is 0. The molecule has 0 bridgehead atoms. The summed E-state index contributed by atoms with van der Waals surface area (Å²) in [5.74, 6) is 0.665. The number of hydrogen-bond donors (Lipinski definition) is 0. The van der Waals surface area contributed by atoms with Crippen molar-refractivity contribution in [3.63, 3.8) is 0 Å². The summed E-state index contributed by atoms with van der Waals surface area (Å²) in [5, 5.41) is 10.6. The van der Waals surface area contributed by atoms with Crippen molar-refractivity contribution in [2.75, 3.05) is 6.61 Å². The van der Waals surface area contributed by atoms with E-state index >= 15 is 0 Å². The second-order valence-electron chi connectivity index (χ2n) is 5.46. The van der Waals surface area contributed by atoms with Crippen LogP contribution in [0.5, 0.6) is 0 Å². The lowest BCUT2D eigenvalue weighted by Crippen LogP contribution is -2.16. The molecule has 0 amide bonds. The largest absolute Gasteiger partial charge is 0.449 e. The van der Waals surface area contributed by atoms with Crippen LogP contribution in [0.15, 0.2) is 36.7 Å². The molecule has 0 saturated carbocycles. The number of benzene rings is 1. The molecule has 2 rings (SSSR count). The molecule has 2 aromatic rings. The van der Waals surface area contributed by atoms with E-state index in [1.807, 2.05) is 6.92 Å². The minimum Gasteiger partial charge on any atom is -0.449 e. The number of carbonyl (C=O) groups is 1. The van der Waals surface area contributed by atoms with Crippen molar-refractivity contribution < 1.29 is 14.5 Å². The fourth-order valence-corrected chi connectivity index (χ4v) is 2.29. The second-order valence-corrected chi connectivity index (χ2v) is 5.46. The maximum atomic E-state index is 12.0. The van der Waals surface area contributed by atoms with Crippen molar-refractivity contribution in [1.82, 2.24) is 9.55 Å². The number of imidazole rings is 1. The Morgan fingerprint density at radius 2 is 2.00 bits per heavy atom. The van der Waals surface area contributed by atoms with Crippen LogP contribution in [0.2, 0.25) is 0 Å². The van der Waals surface area contributed by atoms with Gasteiger partial charge in [-0.2, -0.15) is 0 Å². The zero-order chi connectivity index (χ0) is 17.4. The van der Waals surface area contributed by atoms with Gasteiger partial charge in [0.05, 0.1) is 11.5 Å². The number of hydrogen-bond acceptors (Lipinski definition) is 5. The number of rotatable bonds is 8. The topological polar surface area (TPSA) is 87.3 Å². The van der Waals surface area contributed by atoms with Crippen LogP contribution >= 0.6 is 0 Å². The molecule has 24 heavy (non-hydrogen) atoms. The number of unbranched alkanes of at least 4 members (excludes halogenated alkanes) is 1. The smallest absolute Gasteiger partial charge is 0.419 e. The summed E-state index contributed by atoms with van der Waals surface area (Å²) in [5.41, 5.74) is 1.10. The summed E-state index contributed by atoms with van der Waals surface area (Å²) >= 11 is 0. The standard InChI is InChI=1S/C17H21N3O4/c1-2-3-13-24-17(21)19-12-11-18-16(19)6-4-5-14-7-9-15(10-8-14)20(22)23/h7-12H,2-6,13H2,1H3. The lowest BCUT2D eigenvalue weighted by atomic mass is 10.1. The Morgan fingerprint density at radius 1 is 1.25 bits per heavy atom. The van der Waals surface area contributed by atoms with E-state index in [2.05, 4.69) is 4.98 Å². The second kappa shape index (κ2) is 8.81. The van der Waals surface area contributed by atoms with Crippen molar-refractivity contribution in [3.05, 3.63) is 58.2 Å². The van der Waals surface area contributed by atoms with Gasteiger partial charge in [-0.25, -0.2) is 14.3 Å². The molecule has 0 aliphatic carbocycles. The van der Waals surface area contributed by atoms with Gasteiger partial charge in [-0.05, 0) is 24.8 Å². The van der Waals surface area contributed by atoms with Crippen LogP contribution < -0.4 is 0 Å². The zero-order valence-corrected chi connectivity index (χ0v) is 13.7. The fourth-order valence-electron chi connectivity index (χ4n) is 2.29. The highest BCUT2D eigenvalue weighted by Crippen LogP contribution is 2.14. The molecule has 7 nitrogen and oxygen atoms in total. The van der Waals surface area contributed by atoms with Crippen molar-refractivity contribution >= 4 is 11.8 Å². The van der Waals surface area contributed by atoms with Gasteiger partial charge in [0, 0.05) is 30.9 Å². The number of nitro groups is 1. The highest BCUT2D eigenvalue weighted by molar-refractivity contribution is 5.71. The molecule has 0 unspecified atom stereocenters. The fraction of sp³-hybridized carbons (Fsp3) is 0.412. The van der Waals surface area contributed by atoms with Crippen LogP contribution in [-0.2, 0) is 17.6 Å². The normalized spacial score (nSPS) is 10.5. The molecular formula is C17H21N3O4. The molecule has 7 heteroatoms. The Labute approximate surface area is 140 Å². The number of aryl methyl sites for hydroxylation is 2. The Balaban J connectivity index is 1.85. The lowest BCUT2D eigenvalue weighted by Gasteiger charge is -2.07. The summed E-state index contributed by atoms with van der Waals surface area (Å²) < 4.78 is 6.62. The number of nitro benzene ring substituents is 1. The monoisotopic (exact) mass is 331 g/mol. The minimum atomic E-state index is -0.412. The van der Waals surface area contributed by atoms with Crippen molar-refractivity contribution in [2.24, 2.45) is 0 Å². The van der Waals surface area contributed by atoms with Gasteiger partial charge >= 0.3 is 6.09 Å². The number of nitrogens with zero attached hydrogens (tertiary/aromatic N) is 3. The average Bonchev–Trinajstić information content (AvgIpc) is 3.04. The molecule has 1 aromatic heterocycles. The highest BCUT2D eigenvalue weighted by Gasteiger charge is 2.11. The summed E-state index contributed by atoms with van der Waals surface area (Å²) in [6, 6.07) is 6.51. The molecule has 0 fully saturated rings. The molecule has 0 radical (unpaired) electrons. The number of carbonyl (C=O) groups excluding carboxylic acids is 1. The summed E-state index contributed by atoms with van der Waals surface area (Å²) in [4.78, 5) is 26.4. The van der Waals surface area contributed by atoms with E-state index in [-0.39, 0.29) is 5.69 Å². The molecule has 1 heterocycles. The number of ether oxygens (including phenoxy) is 1. The Kier molecular flexibility index (Phi) is 6.48. The van der Waals surface area contributed by atoms with Gasteiger partial charge in [-0.15, -0.1) is 0 Å². The Hall–Kier alpha value is -2.70. The van der Waals surface area contributed by atoms with Crippen LogP contribution in [0.1, 0.15) is 37.6 Å². The third-order valence-electron chi connectivity index (χ3n) is 3.65. The molecule has 0 N–H and O–H groups in total. The van der Waals surface area contributed by atoms with Crippen molar-refractivity contribution in [1.29, 1.82) is 0 Å². The molecule has 0 atom stereocenters. The lowest BCUT2D eigenvalue weighted by molar-refractivity contribution is -0.384. The van der Waals surface area contributed by atoms with E-state index in [9.17, 15) is 14.9 Å². The van der Waals surface area contributed by atoms with E-state index in [0.717, 1.165) is 31.2 Å². The quantitative estimate of drug-likeness (QED) is 0.417. The van der Waals surface area contributed by atoms with Crippen LogP contribution in [0.25, 0.3) is 0 Å². The van der Waals surface area contributed by atoms with Crippen molar-refractivity contribution in [2.45, 2.75) is 39.0 Å². The van der Waals surface area contributed by atoms with Crippen molar-refractivity contribution in [3.8, 4) is 0 Å². The molecule has 0 saturated heterocycles. The van der Waals surface area contributed by atoms with Gasteiger partial charge in [0.1, 0.15) is 5.82 Å². The third-order valence-corrected chi connectivity index (χ3v) is 3.65. The van der Waals surface area contributed by atoms with Gasteiger partial charge in [-0.1, -0.05) is 25.5 Å². The van der Waals surface area contributed by atoms with E-state index in [1.54, 1.807) is 24.5 Å². The third kappa shape index (κ3) is 4.91. The van der Waals surface area contributed by atoms with Crippen LogP contribution in [0, 0.1) is 10.1 Å². The zero-order valence-electron chi connectivity index (χ0n) is 13.7. The first-order chi connectivity index (χ1) is 11.6. The van der Waals surface area contributed by atoms with Gasteiger partial charge < -0.3 is 4.74 Å². The minimum absolute atomic E-state index is 0.0871. The maximum Gasteiger partial charge on any atom is 0.419 e. The van der Waals surface area contributed by atoms with Crippen LogP contribution in [-0.4, -0.2) is 27.2 Å². The first-order valence-electron chi connectivity index (χ1n) is 8.04. The van der Waals surface area contributed by atoms with Crippen LogP contribution in [0.3, 0.4) is 0 Å². The number of aromatic nitrogens is 2. The summed E-state index contributed by atoms with van der Waals surface area (Å²) in [6.07, 6.45) is 6.79. The maximum absolute atomic E-state index is 12.0. The van der Waals surface area contributed by atoms with E-state index < -0.39 is 11.0 Å². The molecule has 128 valence electrons. The van der Waals surface area contributed by atoms with Crippen LogP contribution in [0.4, 0.5) is 10.5 Å². The van der Waals surface area contributed by atoms with Gasteiger partial charge in [0.25, 0.3) is 5.69 Å². The first kappa shape index (κ1) is 17.7. The predicted molar refractivity (Wildman–Crippen MR) is 89.0 cm³/mol. The molecular weight excluding hydrogens is 310 g/mol. The average molecular weight is 331 g/mol. The number of non-ortho nitro benzene ring substituents is 1. The SMILES string of the molecule is CCCCOC(=O)n1ccnc1CCCc1ccc([N+](=O)[O-])cc1. The van der Waals surface area contributed by atoms with E-state index in [1.165, 1.54) is 16.7 Å². The molecule has 1 aromatic carbocycles.